The summed E-state index contributed by atoms with van der Waals surface area (Å²) < 4.78 is 5.10. The highest BCUT2D eigenvalue weighted by atomic mass is 16.4. The minimum Gasteiger partial charge on any atom is -0.390 e. The zero-order chi connectivity index (χ0) is 10.7. The van der Waals surface area contributed by atoms with Gasteiger partial charge in [-0.25, -0.2) is 0 Å². The van der Waals surface area contributed by atoms with Crippen molar-refractivity contribution in [2.75, 3.05) is 11.1 Å². The molecule has 0 amide bonds. The lowest BCUT2D eigenvalue weighted by atomic mass is 9.84. The fraction of sp³-hybridized carbons (Fsp3) is 0.800. The van der Waals surface area contributed by atoms with E-state index in [9.17, 15) is 0 Å². The van der Waals surface area contributed by atoms with E-state index in [4.69, 9.17) is 10.2 Å². The second kappa shape index (κ2) is 4.51. The van der Waals surface area contributed by atoms with Gasteiger partial charge in [0.1, 0.15) is 0 Å². The molecule has 0 aliphatic heterocycles. The summed E-state index contributed by atoms with van der Waals surface area (Å²) in [5.41, 5.74) is 5.36. The molecule has 0 spiro atoms. The van der Waals surface area contributed by atoms with Crippen molar-refractivity contribution in [1.29, 1.82) is 0 Å². The molecule has 1 saturated carbocycles. The van der Waals surface area contributed by atoms with Crippen molar-refractivity contribution in [3.63, 3.8) is 0 Å². The van der Waals surface area contributed by atoms with Gasteiger partial charge in [-0.2, -0.15) is 0 Å². The zero-order valence-corrected chi connectivity index (χ0v) is 9.07. The van der Waals surface area contributed by atoms with Crippen LogP contribution in [-0.2, 0) is 0 Å². The predicted molar refractivity (Wildman–Crippen MR) is 58.4 cm³/mol. The first-order valence-corrected chi connectivity index (χ1v) is 5.63. The zero-order valence-electron chi connectivity index (χ0n) is 9.07. The highest BCUT2D eigenvalue weighted by Crippen LogP contribution is 2.28. The number of aromatic nitrogens is 2. The monoisotopic (exact) mass is 210 g/mol. The molecule has 0 aromatic carbocycles. The Hall–Kier alpha value is -1.26. The van der Waals surface area contributed by atoms with Gasteiger partial charge < -0.3 is 15.5 Å². The van der Waals surface area contributed by atoms with E-state index in [0.29, 0.717) is 12.1 Å². The summed E-state index contributed by atoms with van der Waals surface area (Å²) in [6.45, 7) is 2.25. The van der Waals surface area contributed by atoms with Crippen molar-refractivity contribution in [3.8, 4) is 0 Å². The van der Waals surface area contributed by atoms with Crippen molar-refractivity contribution >= 4 is 12.0 Å². The Balaban J connectivity index is 1.88. The summed E-state index contributed by atoms with van der Waals surface area (Å²) in [4.78, 5) is 0. The Kier molecular flexibility index (Phi) is 3.08. The quantitative estimate of drug-likeness (QED) is 0.798. The summed E-state index contributed by atoms with van der Waals surface area (Å²) in [5.74, 6) is 0.830. The van der Waals surface area contributed by atoms with E-state index >= 15 is 0 Å². The fourth-order valence-corrected chi connectivity index (χ4v) is 2.26. The fourth-order valence-electron chi connectivity index (χ4n) is 2.26. The molecule has 3 N–H and O–H groups in total. The average Bonchev–Trinajstić information content (AvgIpc) is 2.64. The normalized spacial score (nSPS) is 26.5. The van der Waals surface area contributed by atoms with Crippen LogP contribution in [0.15, 0.2) is 4.42 Å². The van der Waals surface area contributed by atoms with Crippen LogP contribution in [0, 0.1) is 5.92 Å². The molecule has 0 saturated heterocycles. The molecule has 84 valence electrons. The molecular formula is C10H18N4O. The Bertz CT molecular complexity index is 312. The van der Waals surface area contributed by atoms with E-state index in [2.05, 4.69) is 22.4 Å². The lowest BCUT2D eigenvalue weighted by Crippen LogP contribution is -2.27. The number of hydrogen-bond acceptors (Lipinski definition) is 5. The second-order valence-corrected chi connectivity index (χ2v) is 4.23. The summed E-state index contributed by atoms with van der Waals surface area (Å²) >= 11 is 0. The number of nitrogens with two attached hydrogens (primary N) is 1. The molecule has 1 aromatic heterocycles. The Morgan fingerprint density at radius 2 is 2.33 bits per heavy atom. The Labute approximate surface area is 89.4 Å². The van der Waals surface area contributed by atoms with E-state index in [1.54, 1.807) is 0 Å². The van der Waals surface area contributed by atoms with Crippen molar-refractivity contribution in [3.05, 3.63) is 0 Å². The number of hydrogen-bond donors (Lipinski definition) is 2. The van der Waals surface area contributed by atoms with Crippen LogP contribution in [0.4, 0.5) is 12.0 Å². The van der Waals surface area contributed by atoms with Crippen LogP contribution in [0.2, 0.25) is 0 Å². The lowest BCUT2D eigenvalue weighted by molar-refractivity contribution is 0.324. The SMILES string of the molecule is CCC1CCCC(Nc2nnc(N)o2)C1. The van der Waals surface area contributed by atoms with Crippen LogP contribution in [0.25, 0.3) is 0 Å². The van der Waals surface area contributed by atoms with Crippen molar-refractivity contribution in [2.45, 2.75) is 45.1 Å². The largest absolute Gasteiger partial charge is 0.390 e. The first-order chi connectivity index (χ1) is 7.28. The van der Waals surface area contributed by atoms with E-state index in [1.807, 2.05) is 0 Å². The molecule has 1 heterocycles. The van der Waals surface area contributed by atoms with Crippen molar-refractivity contribution in [1.82, 2.24) is 10.2 Å². The molecular weight excluding hydrogens is 192 g/mol. The maximum absolute atomic E-state index is 5.36. The standard InChI is InChI=1S/C10H18N4O/c1-2-7-4-3-5-8(6-7)12-10-14-13-9(11)15-10/h7-8H,2-6H2,1H3,(H2,11,13)(H,12,14). The van der Waals surface area contributed by atoms with Crippen LogP contribution >= 0.6 is 0 Å². The number of nitrogens with one attached hydrogen (secondary N) is 1. The van der Waals surface area contributed by atoms with Gasteiger partial charge in [-0.05, 0) is 18.8 Å². The lowest BCUT2D eigenvalue weighted by Gasteiger charge is -2.28. The maximum atomic E-state index is 5.36. The number of rotatable bonds is 3. The van der Waals surface area contributed by atoms with Gasteiger partial charge in [0.05, 0.1) is 0 Å². The van der Waals surface area contributed by atoms with Gasteiger partial charge in [-0.15, -0.1) is 0 Å². The maximum Gasteiger partial charge on any atom is 0.317 e. The van der Waals surface area contributed by atoms with Gasteiger partial charge in [-0.3, -0.25) is 0 Å². The van der Waals surface area contributed by atoms with Crippen LogP contribution < -0.4 is 11.1 Å². The molecule has 2 rings (SSSR count). The van der Waals surface area contributed by atoms with Gasteiger partial charge in [0.15, 0.2) is 0 Å². The average molecular weight is 210 g/mol. The third kappa shape index (κ3) is 2.61. The number of nitrogen functional groups attached to an aromatic ring is 1. The van der Waals surface area contributed by atoms with E-state index in [0.717, 1.165) is 5.92 Å². The summed E-state index contributed by atoms with van der Waals surface area (Å²) in [7, 11) is 0. The molecule has 0 radical (unpaired) electrons. The molecule has 2 atom stereocenters. The summed E-state index contributed by atoms with van der Waals surface area (Å²) in [6, 6.07) is 1.04. The van der Waals surface area contributed by atoms with Crippen molar-refractivity contribution < 1.29 is 4.42 Å². The molecule has 1 aliphatic carbocycles. The molecule has 5 heteroatoms. The molecule has 1 fully saturated rings. The predicted octanol–water partition coefficient (Wildman–Crippen LogP) is 2.03. The summed E-state index contributed by atoms with van der Waals surface area (Å²) in [5, 5.41) is 10.7. The van der Waals surface area contributed by atoms with Crippen LogP contribution in [0.1, 0.15) is 39.0 Å². The Morgan fingerprint density at radius 1 is 1.47 bits per heavy atom. The molecule has 1 aliphatic rings. The van der Waals surface area contributed by atoms with Gasteiger partial charge in [0.2, 0.25) is 0 Å². The first kappa shape index (κ1) is 10.3. The number of anilines is 2. The third-order valence-electron chi connectivity index (χ3n) is 3.13. The Morgan fingerprint density at radius 3 is 3.00 bits per heavy atom. The minimum absolute atomic E-state index is 0.125. The van der Waals surface area contributed by atoms with Crippen LogP contribution in [-0.4, -0.2) is 16.2 Å². The minimum atomic E-state index is 0.125. The van der Waals surface area contributed by atoms with Gasteiger partial charge in [0, 0.05) is 6.04 Å². The highest BCUT2D eigenvalue weighted by Gasteiger charge is 2.21. The second-order valence-electron chi connectivity index (χ2n) is 4.23. The molecule has 5 nitrogen and oxygen atoms in total. The topological polar surface area (TPSA) is 77.0 Å². The van der Waals surface area contributed by atoms with Gasteiger partial charge in [-0.1, -0.05) is 36.4 Å². The van der Waals surface area contributed by atoms with E-state index < -0.39 is 0 Å². The van der Waals surface area contributed by atoms with Gasteiger partial charge in [0.25, 0.3) is 0 Å². The van der Waals surface area contributed by atoms with Crippen LogP contribution in [0.5, 0.6) is 0 Å². The van der Waals surface area contributed by atoms with Crippen molar-refractivity contribution in [2.24, 2.45) is 5.92 Å². The highest BCUT2D eigenvalue weighted by molar-refractivity contribution is 5.24. The first-order valence-electron chi connectivity index (χ1n) is 5.63. The molecule has 15 heavy (non-hydrogen) atoms. The molecule has 0 bridgehead atoms. The number of nitrogens with zero attached hydrogens (tertiary/aromatic N) is 2. The van der Waals surface area contributed by atoms with E-state index in [-0.39, 0.29) is 6.01 Å². The van der Waals surface area contributed by atoms with Crippen LogP contribution in [0.3, 0.4) is 0 Å². The molecule has 2 unspecified atom stereocenters. The van der Waals surface area contributed by atoms with E-state index in [1.165, 1.54) is 32.1 Å². The third-order valence-corrected chi connectivity index (χ3v) is 3.13. The summed E-state index contributed by atoms with van der Waals surface area (Å²) in [6.07, 6.45) is 6.25. The molecule has 1 aromatic rings. The smallest absolute Gasteiger partial charge is 0.317 e. The van der Waals surface area contributed by atoms with Gasteiger partial charge >= 0.3 is 12.0 Å².